The molecule has 1 fully saturated rings. The zero-order valence-electron chi connectivity index (χ0n) is 9.78. The lowest BCUT2D eigenvalue weighted by molar-refractivity contribution is -0.155. The number of rotatable bonds is 3. The largest absolute Gasteiger partial charge is 0.481 e. The Bertz CT molecular complexity index is 276. The van der Waals surface area contributed by atoms with Gasteiger partial charge in [0.25, 0.3) is 0 Å². The first-order chi connectivity index (χ1) is 6.75. The predicted molar refractivity (Wildman–Crippen MR) is 56.4 cm³/mol. The van der Waals surface area contributed by atoms with Crippen LogP contribution in [-0.2, 0) is 9.59 Å². The first-order valence-electron chi connectivity index (χ1n) is 5.24. The van der Waals surface area contributed by atoms with Crippen LogP contribution in [0.15, 0.2) is 0 Å². The second kappa shape index (κ2) is 3.83. The van der Waals surface area contributed by atoms with Crippen LogP contribution in [0.5, 0.6) is 0 Å². The predicted octanol–water partition coefficient (Wildman–Crippen LogP) is 1.35. The van der Waals surface area contributed by atoms with Crippen molar-refractivity contribution < 1.29 is 14.7 Å². The van der Waals surface area contributed by atoms with Crippen LogP contribution >= 0.6 is 0 Å². The Morgan fingerprint density at radius 3 is 2.07 bits per heavy atom. The second-order valence-electron chi connectivity index (χ2n) is 5.32. The molecule has 4 heteroatoms. The van der Waals surface area contributed by atoms with E-state index >= 15 is 0 Å². The quantitative estimate of drug-likeness (QED) is 0.720. The van der Waals surface area contributed by atoms with E-state index in [-0.39, 0.29) is 11.9 Å². The van der Waals surface area contributed by atoms with Crippen molar-refractivity contribution in [3.8, 4) is 0 Å². The Balaban J connectivity index is 2.80. The summed E-state index contributed by atoms with van der Waals surface area (Å²) in [6, 6.07) is 0.265. The maximum absolute atomic E-state index is 12.0. The Hall–Kier alpha value is -1.06. The number of hydrogen-bond acceptors (Lipinski definition) is 2. The van der Waals surface area contributed by atoms with Gasteiger partial charge < -0.3 is 10.0 Å². The van der Waals surface area contributed by atoms with Crippen LogP contribution in [0.2, 0.25) is 0 Å². The van der Waals surface area contributed by atoms with Crippen molar-refractivity contribution in [1.82, 2.24) is 4.90 Å². The third-order valence-corrected chi connectivity index (χ3v) is 2.80. The molecule has 1 N–H and O–H groups in total. The third-order valence-electron chi connectivity index (χ3n) is 2.80. The monoisotopic (exact) mass is 213 g/mol. The van der Waals surface area contributed by atoms with Crippen molar-refractivity contribution in [2.45, 2.75) is 39.7 Å². The molecule has 1 aliphatic rings. The molecule has 15 heavy (non-hydrogen) atoms. The van der Waals surface area contributed by atoms with E-state index in [0.717, 1.165) is 12.8 Å². The lowest BCUT2D eigenvalue weighted by Crippen LogP contribution is -2.44. The van der Waals surface area contributed by atoms with E-state index in [1.165, 1.54) is 0 Å². The fourth-order valence-corrected chi connectivity index (χ4v) is 1.69. The highest BCUT2D eigenvalue weighted by Gasteiger charge is 2.42. The zero-order chi connectivity index (χ0) is 11.8. The van der Waals surface area contributed by atoms with Crippen molar-refractivity contribution in [2.75, 3.05) is 7.05 Å². The number of aliphatic carboxylic acids is 1. The molecule has 0 saturated heterocycles. The number of nitrogens with zero attached hydrogens (tertiary/aromatic N) is 1. The summed E-state index contributed by atoms with van der Waals surface area (Å²) in [5.41, 5.74) is -0.536. The average molecular weight is 213 g/mol. The van der Waals surface area contributed by atoms with E-state index in [0.29, 0.717) is 0 Å². The summed E-state index contributed by atoms with van der Waals surface area (Å²) in [5.74, 6) is -2.24. The molecule has 86 valence electrons. The highest BCUT2D eigenvalue weighted by atomic mass is 16.4. The van der Waals surface area contributed by atoms with Crippen molar-refractivity contribution in [1.29, 1.82) is 0 Å². The standard InChI is InChI=1S/C11H19NO3/c1-11(2,3)8(10(14)15)9(13)12(4)7-5-6-7/h7-8H,5-6H2,1-4H3,(H,14,15). The smallest absolute Gasteiger partial charge is 0.316 e. The van der Waals surface area contributed by atoms with Gasteiger partial charge in [-0.1, -0.05) is 20.8 Å². The number of carboxylic acid groups (broad SMARTS) is 1. The molecule has 0 aliphatic heterocycles. The van der Waals surface area contributed by atoms with Gasteiger partial charge in [-0.15, -0.1) is 0 Å². The van der Waals surface area contributed by atoms with Crippen molar-refractivity contribution in [3.05, 3.63) is 0 Å². The Labute approximate surface area is 90.3 Å². The number of carboxylic acids is 1. The number of amides is 1. The van der Waals surface area contributed by atoms with Gasteiger partial charge in [-0.2, -0.15) is 0 Å². The van der Waals surface area contributed by atoms with Gasteiger partial charge in [0, 0.05) is 13.1 Å². The first-order valence-corrected chi connectivity index (χ1v) is 5.24. The van der Waals surface area contributed by atoms with Gasteiger partial charge in [0.15, 0.2) is 0 Å². The van der Waals surface area contributed by atoms with E-state index in [4.69, 9.17) is 5.11 Å². The van der Waals surface area contributed by atoms with E-state index in [9.17, 15) is 9.59 Å². The molecule has 1 saturated carbocycles. The fourth-order valence-electron chi connectivity index (χ4n) is 1.69. The molecule has 0 radical (unpaired) electrons. The average Bonchev–Trinajstić information content (AvgIpc) is 2.81. The minimum Gasteiger partial charge on any atom is -0.481 e. The molecular weight excluding hydrogens is 194 g/mol. The summed E-state index contributed by atoms with van der Waals surface area (Å²) in [7, 11) is 1.70. The molecule has 0 aromatic rings. The molecule has 0 aromatic heterocycles. The second-order valence-corrected chi connectivity index (χ2v) is 5.32. The van der Waals surface area contributed by atoms with E-state index in [1.54, 1.807) is 32.7 Å². The molecule has 1 amide bonds. The lowest BCUT2D eigenvalue weighted by Gasteiger charge is -2.29. The van der Waals surface area contributed by atoms with E-state index in [2.05, 4.69) is 0 Å². The maximum atomic E-state index is 12.0. The summed E-state index contributed by atoms with van der Waals surface area (Å²) in [5, 5.41) is 9.08. The van der Waals surface area contributed by atoms with Gasteiger partial charge in [0.1, 0.15) is 5.92 Å². The molecule has 0 bridgehead atoms. The van der Waals surface area contributed by atoms with Crippen LogP contribution in [0, 0.1) is 11.3 Å². The zero-order valence-corrected chi connectivity index (χ0v) is 9.78. The van der Waals surface area contributed by atoms with Crippen LogP contribution in [0.4, 0.5) is 0 Å². The van der Waals surface area contributed by atoms with Crippen LogP contribution in [0.3, 0.4) is 0 Å². The maximum Gasteiger partial charge on any atom is 0.316 e. The molecule has 1 atom stereocenters. The minimum absolute atomic E-state index is 0.265. The fraction of sp³-hybridized carbons (Fsp3) is 0.818. The van der Waals surface area contributed by atoms with Crippen molar-refractivity contribution >= 4 is 11.9 Å². The third kappa shape index (κ3) is 2.70. The van der Waals surface area contributed by atoms with Gasteiger partial charge in [0.05, 0.1) is 0 Å². The summed E-state index contributed by atoms with van der Waals surface area (Å²) in [6.45, 7) is 5.35. The van der Waals surface area contributed by atoms with E-state index in [1.807, 2.05) is 0 Å². The Kier molecular flexibility index (Phi) is 3.07. The molecule has 1 rings (SSSR count). The molecule has 4 nitrogen and oxygen atoms in total. The highest BCUT2D eigenvalue weighted by molar-refractivity contribution is 5.97. The van der Waals surface area contributed by atoms with Gasteiger partial charge >= 0.3 is 5.97 Å². The van der Waals surface area contributed by atoms with Crippen molar-refractivity contribution in [3.63, 3.8) is 0 Å². The molecule has 1 aliphatic carbocycles. The Morgan fingerprint density at radius 2 is 1.80 bits per heavy atom. The SMILES string of the molecule is CN(C(=O)C(C(=O)O)C(C)(C)C)C1CC1. The van der Waals surface area contributed by atoms with E-state index < -0.39 is 17.3 Å². The molecule has 0 aromatic carbocycles. The van der Waals surface area contributed by atoms with Crippen molar-refractivity contribution in [2.24, 2.45) is 11.3 Å². The van der Waals surface area contributed by atoms with Gasteiger partial charge in [0.2, 0.25) is 5.91 Å². The Morgan fingerprint density at radius 1 is 1.33 bits per heavy atom. The normalized spacial score (nSPS) is 18.4. The molecule has 0 heterocycles. The number of carbonyl (C=O) groups excluding carboxylic acids is 1. The van der Waals surface area contributed by atoms with Crippen LogP contribution in [-0.4, -0.2) is 35.0 Å². The summed E-state index contributed by atoms with van der Waals surface area (Å²) in [4.78, 5) is 24.6. The van der Waals surface area contributed by atoms with Gasteiger partial charge in [-0.25, -0.2) is 0 Å². The van der Waals surface area contributed by atoms with Crippen LogP contribution in [0.1, 0.15) is 33.6 Å². The number of hydrogen-bond donors (Lipinski definition) is 1. The van der Waals surface area contributed by atoms with Gasteiger partial charge in [-0.05, 0) is 18.3 Å². The van der Waals surface area contributed by atoms with Crippen LogP contribution < -0.4 is 0 Å². The number of carbonyl (C=O) groups is 2. The summed E-state index contributed by atoms with van der Waals surface area (Å²) in [6.07, 6.45) is 2.00. The minimum atomic E-state index is -1.03. The molecular formula is C11H19NO3. The lowest BCUT2D eigenvalue weighted by atomic mass is 9.80. The highest BCUT2D eigenvalue weighted by Crippen LogP contribution is 2.32. The molecule has 0 spiro atoms. The summed E-state index contributed by atoms with van der Waals surface area (Å²) < 4.78 is 0. The molecule has 1 unspecified atom stereocenters. The van der Waals surface area contributed by atoms with Crippen LogP contribution in [0.25, 0.3) is 0 Å². The topological polar surface area (TPSA) is 57.6 Å². The first kappa shape index (κ1) is 12.0. The summed E-state index contributed by atoms with van der Waals surface area (Å²) >= 11 is 0. The van der Waals surface area contributed by atoms with Gasteiger partial charge in [-0.3, -0.25) is 9.59 Å².